The van der Waals surface area contributed by atoms with E-state index in [1.807, 2.05) is 4.90 Å². The number of hydrogen-bond donors (Lipinski definition) is 3. The number of hydrogen-bond acceptors (Lipinski definition) is 5. The summed E-state index contributed by atoms with van der Waals surface area (Å²) in [7, 11) is 0. The highest BCUT2D eigenvalue weighted by Crippen LogP contribution is 2.23. The molecule has 0 bridgehead atoms. The molecule has 8 heteroatoms. The number of nitrogens with one attached hydrogen (secondary N) is 2. The van der Waals surface area contributed by atoms with Gasteiger partial charge < -0.3 is 30.1 Å². The smallest absolute Gasteiger partial charge is 0.315 e. The molecule has 2 heterocycles. The van der Waals surface area contributed by atoms with Crippen LogP contribution in [0.25, 0.3) is 0 Å². The van der Waals surface area contributed by atoms with Gasteiger partial charge in [-0.15, -0.1) is 0 Å². The minimum atomic E-state index is -0.474. The van der Waals surface area contributed by atoms with Gasteiger partial charge in [0.2, 0.25) is 5.91 Å². The third kappa shape index (κ3) is 6.05. The number of morpholine rings is 1. The van der Waals surface area contributed by atoms with Crippen molar-refractivity contribution >= 4 is 11.9 Å². The van der Waals surface area contributed by atoms with Crippen molar-refractivity contribution in [3.63, 3.8) is 0 Å². The number of ether oxygens (including phenoxy) is 2. The molecular formula is C19H33N3O5. The first-order valence-electron chi connectivity index (χ1n) is 10.3. The fraction of sp³-hybridized carbons (Fsp3) is 0.895. The molecule has 2 aliphatic heterocycles. The third-order valence-electron chi connectivity index (χ3n) is 5.82. The molecule has 0 aromatic carbocycles. The van der Waals surface area contributed by atoms with Crippen molar-refractivity contribution in [2.45, 2.75) is 75.7 Å². The van der Waals surface area contributed by atoms with Crippen molar-refractivity contribution in [2.24, 2.45) is 0 Å². The number of carbonyl (C=O) groups is 2. The van der Waals surface area contributed by atoms with E-state index in [-0.39, 0.29) is 36.7 Å². The van der Waals surface area contributed by atoms with Crippen molar-refractivity contribution < 1.29 is 24.2 Å². The van der Waals surface area contributed by atoms with Crippen molar-refractivity contribution in [1.82, 2.24) is 15.5 Å². The zero-order chi connectivity index (χ0) is 19.1. The molecule has 27 heavy (non-hydrogen) atoms. The maximum atomic E-state index is 12.4. The molecule has 3 amide bonds. The fourth-order valence-corrected chi connectivity index (χ4v) is 4.23. The van der Waals surface area contributed by atoms with Crippen LogP contribution in [0.2, 0.25) is 0 Å². The summed E-state index contributed by atoms with van der Waals surface area (Å²) in [4.78, 5) is 26.5. The van der Waals surface area contributed by atoms with Gasteiger partial charge in [-0.25, -0.2) is 4.79 Å². The van der Waals surface area contributed by atoms with Crippen LogP contribution in [0.1, 0.15) is 51.4 Å². The second-order valence-corrected chi connectivity index (χ2v) is 7.81. The molecule has 0 unspecified atom stereocenters. The van der Waals surface area contributed by atoms with Crippen LogP contribution in [0.5, 0.6) is 0 Å². The molecule has 0 aromatic rings. The lowest BCUT2D eigenvalue weighted by molar-refractivity contribution is -0.143. The second kappa shape index (κ2) is 10.2. The molecule has 1 aliphatic carbocycles. The Morgan fingerprint density at radius 2 is 1.74 bits per heavy atom. The van der Waals surface area contributed by atoms with Crippen molar-refractivity contribution in [1.29, 1.82) is 0 Å². The van der Waals surface area contributed by atoms with Crippen LogP contribution in [0, 0.1) is 0 Å². The monoisotopic (exact) mass is 383 g/mol. The molecule has 3 atom stereocenters. The topological polar surface area (TPSA) is 100 Å². The van der Waals surface area contributed by atoms with Gasteiger partial charge in [0.25, 0.3) is 0 Å². The Hall–Kier alpha value is -1.38. The van der Waals surface area contributed by atoms with Crippen molar-refractivity contribution in [3.8, 4) is 0 Å². The first-order valence-corrected chi connectivity index (χ1v) is 10.3. The van der Waals surface area contributed by atoms with E-state index in [2.05, 4.69) is 10.6 Å². The zero-order valence-electron chi connectivity index (χ0n) is 16.0. The maximum absolute atomic E-state index is 12.4. The van der Waals surface area contributed by atoms with E-state index < -0.39 is 6.10 Å². The van der Waals surface area contributed by atoms with Crippen LogP contribution in [0.15, 0.2) is 0 Å². The quantitative estimate of drug-likeness (QED) is 0.651. The molecule has 3 aliphatic rings. The number of amides is 3. The molecule has 8 nitrogen and oxygen atoms in total. The maximum Gasteiger partial charge on any atom is 0.315 e. The highest BCUT2D eigenvalue weighted by molar-refractivity contribution is 5.77. The van der Waals surface area contributed by atoms with Crippen LogP contribution in [-0.4, -0.2) is 79.1 Å². The average molecular weight is 383 g/mol. The number of aliphatic hydroxyl groups excluding tert-OH is 1. The summed E-state index contributed by atoms with van der Waals surface area (Å²) >= 11 is 0. The molecule has 154 valence electrons. The second-order valence-electron chi connectivity index (χ2n) is 7.81. The van der Waals surface area contributed by atoms with Gasteiger partial charge in [0.15, 0.2) is 0 Å². The Morgan fingerprint density at radius 1 is 1.00 bits per heavy atom. The van der Waals surface area contributed by atoms with E-state index in [0.29, 0.717) is 45.6 Å². The van der Waals surface area contributed by atoms with Gasteiger partial charge in [0.05, 0.1) is 38.4 Å². The molecule has 1 saturated carbocycles. The minimum absolute atomic E-state index is 0.0708. The van der Waals surface area contributed by atoms with E-state index in [1.165, 1.54) is 6.42 Å². The predicted octanol–water partition coefficient (Wildman–Crippen LogP) is 0.776. The number of aliphatic hydroxyl groups is 1. The molecule has 0 radical (unpaired) electrons. The van der Waals surface area contributed by atoms with Crippen LogP contribution in [0.3, 0.4) is 0 Å². The zero-order valence-corrected chi connectivity index (χ0v) is 16.0. The lowest BCUT2D eigenvalue weighted by Crippen LogP contribution is -2.55. The van der Waals surface area contributed by atoms with Gasteiger partial charge in [-0.05, 0) is 25.7 Å². The Labute approximate surface area is 160 Å². The Bertz CT molecular complexity index is 492. The summed E-state index contributed by atoms with van der Waals surface area (Å²) in [6, 6.07) is -0.167. The van der Waals surface area contributed by atoms with Gasteiger partial charge >= 0.3 is 6.03 Å². The average Bonchev–Trinajstić information content (AvgIpc) is 2.70. The minimum Gasteiger partial charge on any atom is -0.394 e. The summed E-state index contributed by atoms with van der Waals surface area (Å²) in [5.74, 6) is 0.0708. The number of rotatable bonds is 5. The number of nitrogens with zero attached hydrogens (tertiary/aromatic N) is 1. The largest absolute Gasteiger partial charge is 0.394 e. The molecular weight excluding hydrogens is 350 g/mol. The van der Waals surface area contributed by atoms with Crippen LogP contribution < -0.4 is 10.6 Å². The molecule has 3 N–H and O–H groups in total. The van der Waals surface area contributed by atoms with Crippen molar-refractivity contribution in [2.75, 3.05) is 32.9 Å². The standard InChI is InChI=1S/C19H33N3O5/c23-13-17-16(21-19(25)20-14-4-2-1-3-5-14)7-6-15(27-17)12-18(24)22-8-10-26-11-9-22/h14-17,23H,1-13H2,(H2,20,21,25)/t15-,16+,17-/m1/s1. The molecule has 2 saturated heterocycles. The van der Waals surface area contributed by atoms with E-state index in [1.54, 1.807) is 0 Å². The highest BCUT2D eigenvalue weighted by Gasteiger charge is 2.34. The summed E-state index contributed by atoms with van der Waals surface area (Å²) in [6.07, 6.45) is 6.66. The first-order chi connectivity index (χ1) is 13.2. The van der Waals surface area contributed by atoms with E-state index in [9.17, 15) is 14.7 Å². The van der Waals surface area contributed by atoms with Gasteiger partial charge in [0, 0.05) is 19.1 Å². The van der Waals surface area contributed by atoms with Gasteiger partial charge in [-0.3, -0.25) is 4.79 Å². The lowest BCUT2D eigenvalue weighted by Gasteiger charge is -2.37. The SMILES string of the molecule is O=C(NC1CCCCC1)N[C@H]1CC[C@H](CC(=O)N2CCOCC2)O[C@@H]1CO. The highest BCUT2D eigenvalue weighted by atomic mass is 16.5. The number of urea groups is 1. The van der Waals surface area contributed by atoms with Gasteiger partial charge in [-0.2, -0.15) is 0 Å². The Balaban J connectivity index is 1.43. The summed E-state index contributed by atoms with van der Waals surface area (Å²) in [6.45, 7) is 2.24. The molecule has 0 spiro atoms. The van der Waals surface area contributed by atoms with Gasteiger partial charge in [-0.1, -0.05) is 19.3 Å². The lowest BCUT2D eigenvalue weighted by atomic mass is 9.95. The predicted molar refractivity (Wildman–Crippen MR) is 99.3 cm³/mol. The molecule has 3 rings (SSSR count). The van der Waals surface area contributed by atoms with E-state index in [4.69, 9.17) is 9.47 Å². The summed E-state index contributed by atoms with van der Waals surface area (Å²) in [5.41, 5.74) is 0. The summed E-state index contributed by atoms with van der Waals surface area (Å²) < 4.78 is 11.2. The number of carbonyl (C=O) groups excluding carboxylic acids is 2. The van der Waals surface area contributed by atoms with Gasteiger partial charge in [0.1, 0.15) is 6.10 Å². The fourth-order valence-electron chi connectivity index (χ4n) is 4.23. The molecule has 0 aromatic heterocycles. The summed E-state index contributed by atoms with van der Waals surface area (Å²) in [5, 5.41) is 15.7. The normalized spacial score (nSPS) is 30.0. The van der Waals surface area contributed by atoms with Crippen molar-refractivity contribution in [3.05, 3.63) is 0 Å². The van der Waals surface area contributed by atoms with Crippen LogP contribution in [0.4, 0.5) is 4.79 Å². The first kappa shape index (κ1) is 20.4. The van der Waals surface area contributed by atoms with Crippen LogP contribution >= 0.6 is 0 Å². The molecule has 3 fully saturated rings. The van der Waals surface area contributed by atoms with Crippen LogP contribution in [-0.2, 0) is 14.3 Å². The Morgan fingerprint density at radius 3 is 2.44 bits per heavy atom. The van der Waals surface area contributed by atoms with E-state index >= 15 is 0 Å². The Kier molecular flexibility index (Phi) is 7.72. The van der Waals surface area contributed by atoms with E-state index in [0.717, 1.165) is 25.7 Å². The third-order valence-corrected chi connectivity index (χ3v) is 5.82.